The maximum Gasteiger partial charge on any atom is 0.182 e. The predicted molar refractivity (Wildman–Crippen MR) is 49.4 cm³/mol. The topological polar surface area (TPSA) is 3.88 Å². The van der Waals surface area contributed by atoms with E-state index in [0.717, 1.165) is 0 Å². The third kappa shape index (κ3) is 1.55. The molecule has 0 amide bonds. The monoisotopic (exact) mass is 160 g/mol. The molecular weight excluding hydrogens is 146 g/mol. The van der Waals surface area contributed by atoms with Crippen LogP contribution in [0.25, 0.3) is 5.70 Å². The van der Waals surface area contributed by atoms with Crippen LogP contribution in [0, 0.1) is 0 Å². The average molecular weight is 160 g/mol. The van der Waals surface area contributed by atoms with Crippen molar-refractivity contribution >= 4 is 5.70 Å². The van der Waals surface area contributed by atoms with Gasteiger partial charge in [0.25, 0.3) is 0 Å². The summed E-state index contributed by atoms with van der Waals surface area (Å²) in [6, 6.07) is 6.21. The first-order valence-electron chi connectivity index (χ1n) is 4.62. The fourth-order valence-electron chi connectivity index (χ4n) is 1.65. The Labute approximate surface area is 73.4 Å². The molecular formula is C11H14N+. The van der Waals surface area contributed by atoms with E-state index in [0.29, 0.717) is 0 Å². The van der Waals surface area contributed by atoms with Crippen LogP contribution in [-0.4, -0.2) is 0 Å². The maximum atomic E-state index is 2.35. The van der Waals surface area contributed by atoms with Crippen molar-refractivity contribution in [3.05, 3.63) is 36.7 Å². The van der Waals surface area contributed by atoms with Crippen molar-refractivity contribution < 1.29 is 4.57 Å². The Hall–Kier alpha value is -1.11. The standard InChI is InChI=1S/C11H14N/c1-3-7-11(8-4-1)12-9-5-2-6-10-12/h2,5-7,9-10H,1,3-4,8H2/q+1. The Morgan fingerprint density at radius 3 is 2.50 bits per heavy atom. The van der Waals surface area contributed by atoms with Gasteiger partial charge in [-0.2, -0.15) is 4.57 Å². The first-order valence-corrected chi connectivity index (χ1v) is 4.62. The van der Waals surface area contributed by atoms with Crippen molar-refractivity contribution in [1.82, 2.24) is 0 Å². The van der Waals surface area contributed by atoms with Crippen LogP contribution >= 0.6 is 0 Å². The van der Waals surface area contributed by atoms with Gasteiger partial charge < -0.3 is 0 Å². The molecule has 0 aromatic carbocycles. The molecule has 62 valence electrons. The lowest BCUT2D eigenvalue weighted by Crippen LogP contribution is -2.31. The molecule has 12 heavy (non-hydrogen) atoms. The summed E-state index contributed by atoms with van der Waals surface area (Å²) in [7, 11) is 0. The molecule has 1 aliphatic rings. The summed E-state index contributed by atoms with van der Waals surface area (Å²) >= 11 is 0. The Balaban J connectivity index is 2.24. The van der Waals surface area contributed by atoms with Gasteiger partial charge in [0.15, 0.2) is 18.1 Å². The van der Waals surface area contributed by atoms with Gasteiger partial charge in [-0.3, -0.25) is 0 Å². The van der Waals surface area contributed by atoms with Crippen molar-refractivity contribution in [1.29, 1.82) is 0 Å². The lowest BCUT2D eigenvalue weighted by molar-refractivity contribution is -0.583. The summed E-state index contributed by atoms with van der Waals surface area (Å²) in [6.45, 7) is 0. The van der Waals surface area contributed by atoms with Gasteiger partial charge in [0, 0.05) is 18.6 Å². The van der Waals surface area contributed by atoms with E-state index in [1.807, 2.05) is 0 Å². The van der Waals surface area contributed by atoms with E-state index in [4.69, 9.17) is 0 Å². The number of nitrogens with zero attached hydrogens (tertiary/aromatic N) is 1. The first kappa shape index (κ1) is 7.53. The fraction of sp³-hybridized carbons (Fsp3) is 0.364. The Morgan fingerprint density at radius 1 is 1.00 bits per heavy atom. The van der Waals surface area contributed by atoms with Crippen LogP contribution in [0.15, 0.2) is 36.7 Å². The smallest absolute Gasteiger partial charge is 0.171 e. The van der Waals surface area contributed by atoms with Gasteiger partial charge in [0.05, 0.1) is 0 Å². The minimum absolute atomic E-state index is 1.23. The van der Waals surface area contributed by atoms with Gasteiger partial charge in [-0.05, 0) is 25.3 Å². The Kier molecular flexibility index (Phi) is 2.21. The molecule has 0 saturated carbocycles. The molecule has 1 aromatic heterocycles. The highest BCUT2D eigenvalue weighted by Gasteiger charge is 2.11. The fourth-order valence-corrected chi connectivity index (χ4v) is 1.65. The molecule has 0 bridgehead atoms. The molecule has 0 saturated heterocycles. The van der Waals surface area contributed by atoms with E-state index >= 15 is 0 Å². The van der Waals surface area contributed by atoms with Gasteiger partial charge in [-0.25, -0.2) is 0 Å². The van der Waals surface area contributed by atoms with E-state index in [2.05, 4.69) is 41.2 Å². The summed E-state index contributed by atoms with van der Waals surface area (Å²) < 4.78 is 2.22. The normalized spacial score (nSPS) is 17.2. The molecule has 0 aliphatic heterocycles. The molecule has 0 atom stereocenters. The minimum atomic E-state index is 1.23. The van der Waals surface area contributed by atoms with Crippen LogP contribution < -0.4 is 4.57 Å². The van der Waals surface area contributed by atoms with Crippen LogP contribution in [0.1, 0.15) is 25.7 Å². The second-order valence-electron chi connectivity index (χ2n) is 3.22. The molecule has 0 unspecified atom stereocenters. The van der Waals surface area contributed by atoms with Gasteiger partial charge in [0.2, 0.25) is 0 Å². The summed E-state index contributed by atoms with van der Waals surface area (Å²) in [5, 5.41) is 0. The zero-order valence-corrected chi connectivity index (χ0v) is 7.24. The average Bonchev–Trinajstić information content (AvgIpc) is 2.21. The molecule has 1 heterocycles. The lowest BCUT2D eigenvalue weighted by atomic mass is 10.0. The predicted octanol–water partition coefficient (Wildman–Crippen LogP) is 2.39. The van der Waals surface area contributed by atoms with Crippen LogP contribution in [-0.2, 0) is 0 Å². The highest BCUT2D eigenvalue weighted by atomic mass is 14.9. The van der Waals surface area contributed by atoms with E-state index < -0.39 is 0 Å². The third-order valence-electron chi connectivity index (χ3n) is 2.31. The van der Waals surface area contributed by atoms with Crippen LogP contribution in [0.2, 0.25) is 0 Å². The molecule has 0 radical (unpaired) electrons. The van der Waals surface area contributed by atoms with E-state index in [-0.39, 0.29) is 0 Å². The molecule has 2 rings (SSSR count). The molecule has 1 nitrogen and oxygen atoms in total. The van der Waals surface area contributed by atoms with Crippen molar-refractivity contribution in [3.8, 4) is 0 Å². The van der Waals surface area contributed by atoms with E-state index in [1.165, 1.54) is 31.4 Å². The largest absolute Gasteiger partial charge is 0.182 e. The molecule has 1 aromatic rings. The first-order chi connectivity index (χ1) is 5.97. The zero-order chi connectivity index (χ0) is 8.23. The minimum Gasteiger partial charge on any atom is -0.171 e. The van der Waals surface area contributed by atoms with Crippen LogP contribution in [0.4, 0.5) is 0 Å². The van der Waals surface area contributed by atoms with Gasteiger partial charge in [-0.1, -0.05) is 6.07 Å². The maximum absolute atomic E-state index is 2.35. The van der Waals surface area contributed by atoms with Crippen molar-refractivity contribution in [2.45, 2.75) is 25.7 Å². The van der Waals surface area contributed by atoms with Gasteiger partial charge in [0.1, 0.15) is 0 Å². The number of pyridine rings is 1. The highest BCUT2D eigenvalue weighted by molar-refractivity contribution is 5.33. The number of hydrogen-bond acceptors (Lipinski definition) is 0. The van der Waals surface area contributed by atoms with Crippen LogP contribution in [0.3, 0.4) is 0 Å². The molecule has 0 spiro atoms. The highest BCUT2D eigenvalue weighted by Crippen LogP contribution is 2.16. The van der Waals surface area contributed by atoms with E-state index in [9.17, 15) is 0 Å². The summed E-state index contributed by atoms with van der Waals surface area (Å²) in [5.41, 5.74) is 1.46. The van der Waals surface area contributed by atoms with Crippen molar-refractivity contribution in [2.24, 2.45) is 0 Å². The van der Waals surface area contributed by atoms with Crippen molar-refractivity contribution in [2.75, 3.05) is 0 Å². The zero-order valence-electron chi connectivity index (χ0n) is 7.24. The molecule has 1 aliphatic carbocycles. The number of allylic oxidation sites excluding steroid dienone is 2. The second kappa shape index (κ2) is 3.53. The van der Waals surface area contributed by atoms with Gasteiger partial charge in [-0.15, -0.1) is 0 Å². The molecule has 0 N–H and O–H groups in total. The second-order valence-corrected chi connectivity index (χ2v) is 3.22. The molecule has 0 fully saturated rings. The quantitative estimate of drug-likeness (QED) is 0.555. The lowest BCUT2D eigenvalue weighted by Gasteiger charge is -2.06. The van der Waals surface area contributed by atoms with Gasteiger partial charge >= 0.3 is 0 Å². The van der Waals surface area contributed by atoms with Crippen LogP contribution in [0.5, 0.6) is 0 Å². The molecule has 1 heteroatoms. The summed E-state index contributed by atoms with van der Waals surface area (Å²) in [6.07, 6.45) is 11.8. The summed E-state index contributed by atoms with van der Waals surface area (Å²) in [4.78, 5) is 0. The number of rotatable bonds is 1. The third-order valence-corrected chi connectivity index (χ3v) is 2.31. The Bertz CT molecular complexity index is 274. The Morgan fingerprint density at radius 2 is 1.83 bits per heavy atom. The van der Waals surface area contributed by atoms with E-state index in [1.54, 1.807) is 0 Å². The van der Waals surface area contributed by atoms with Crippen molar-refractivity contribution in [3.63, 3.8) is 0 Å². The SMILES string of the molecule is C1=C([n+]2ccccc2)CCCC1. The summed E-state index contributed by atoms with van der Waals surface area (Å²) in [5.74, 6) is 0. The number of hydrogen-bond donors (Lipinski definition) is 0. The number of aromatic nitrogens is 1.